The lowest BCUT2D eigenvalue weighted by atomic mass is 10.1. The molecule has 2 aromatic rings. The molecule has 0 saturated heterocycles. The van der Waals surface area contributed by atoms with Crippen LogP contribution in [-0.2, 0) is 21.2 Å². The lowest BCUT2D eigenvalue weighted by Gasteiger charge is -2.13. The van der Waals surface area contributed by atoms with Crippen LogP contribution in [0.15, 0.2) is 51.4 Å². The van der Waals surface area contributed by atoms with Gasteiger partial charge in [-0.3, -0.25) is 14.2 Å². The summed E-state index contributed by atoms with van der Waals surface area (Å²) in [6.45, 7) is 0.419. The normalized spacial score (nSPS) is 16.3. The lowest BCUT2D eigenvalue weighted by Crippen LogP contribution is -2.31. The zero-order chi connectivity index (χ0) is 18.7. The summed E-state index contributed by atoms with van der Waals surface area (Å²) in [5.74, 6) is 0.509. The smallest absolute Gasteiger partial charge is 0.254 e. The van der Waals surface area contributed by atoms with Crippen LogP contribution in [0.4, 0.5) is 0 Å². The number of hydrogen-bond acceptors (Lipinski definition) is 6. The highest BCUT2D eigenvalue weighted by atomic mass is 32.2. The van der Waals surface area contributed by atoms with Gasteiger partial charge in [0.15, 0.2) is 5.16 Å². The summed E-state index contributed by atoms with van der Waals surface area (Å²) in [6, 6.07) is 7.43. The Balaban J connectivity index is 1.51. The summed E-state index contributed by atoms with van der Waals surface area (Å²) in [6.07, 6.45) is 2.26. The molecule has 1 unspecified atom stereocenters. The second-order valence-corrected chi connectivity index (χ2v) is 8.44. The van der Waals surface area contributed by atoms with E-state index >= 15 is 0 Å². The van der Waals surface area contributed by atoms with E-state index in [0.717, 1.165) is 5.56 Å². The zero-order valence-corrected chi connectivity index (χ0v) is 15.4. The number of primary sulfonamides is 1. The number of thioether (sulfide) groups is 1. The van der Waals surface area contributed by atoms with Crippen LogP contribution in [-0.4, -0.2) is 36.2 Å². The van der Waals surface area contributed by atoms with Gasteiger partial charge in [0.2, 0.25) is 15.9 Å². The van der Waals surface area contributed by atoms with Gasteiger partial charge in [-0.2, -0.15) is 0 Å². The predicted molar refractivity (Wildman–Crippen MR) is 97.4 cm³/mol. The maximum atomic E-state index is 12.1. The molecule has 1 aliphatic rings. The summed E-state index contributed by atoms with van der Waals surface area (Å²) >= 11 is 1.47. The number of rotatable bonds is 6. The first-order valence-electron chi connectivity index (χ1n) is 7.93. The molecule has 0 radical (unpaired) electrons. The first-order chi connectivity index (χ1) is 12.3. The third-order valence-corrected chi connectivity index (χ3v) is 6.07. The second kappa shape index (κ2) is 7.60. The van der Waals surface area contributed by atoms with Crippen LogP contribution in [0.25, 0.3) is 0 Å². The second-order valence-electron chi connectivity index (χ2n) is 5.89. The van der Waals surface area contributed by atoms with Crippen molar-refractivity contribution in [2.24, 2.45) is 5.14 Å². The quantitative estimate of drug-likeness (QED) is 0.679. The number of benzene rings is 1. The molecule has 0 aliphatic carbocycles. The standard InChI is InChI=1S/C16H18N4O4S2/c17-26(23,24)13-3-1-11(2-4-13)5-7-18-14(21)9-12-10-25-16-19-8-6-15(22)20(12)16/h1-4,6,8,12H,5,7,9-10H2,(H,18,21)(H2,17,23,24). The van der Waals surface area contributed by atoms with E-state index in [1.807, 2.05) is 0 Å². The van der Waals surface area contributed by atoms with Crippen LogP contribution < -0.4 is 16.0 Å². The van der Waals surface area contributed by atoms with Crippen molar-refractivity contribution in [3.05, 3.63) is 52.4 Å². The first-order valence-corrected chi connectivity index (χ1v) is 10.5. The average molecular weight is 394 g/mol. The van der Waals surface area contributed by atoms with E-state index in [9.17, 15) is 18.0 Å². The van der Waals surface area contributed by atoms with Crippen molar-refractivity contribution in [3.63, 3.8) is 0 Å². The summed E-state index contributed by atoms with van der Waals surface area (Å²) in [7, 11) is -3.70. The van der Waals surface area contributed by atoms with Crippen LogP contribution in [0, 0.1) is 0 Å². The number of nitrogens with two attached hydrogens (primary N) is 1. The Kier molecular flexibility index (Phi) is 5.44. The molecule has 1 amide bonds. The molecule has 3 N–H and O–H groups in total. The number of hydrogen-bond donors (Lipinski definition) is 2. The zero-order valence-electron chi connectivity index (χ0n) is 13.8. The third kappa shape index (κ3) is 4.32. The number of carbonyl (C=O) groups is 1. The van der Waals surface area contributed by atoms with Gasteiger partial charge in [0.25, 0.3) is 5.56 Å². The average Bonchev–Trinajstić information content (AvgIpc) is 2.99. The molecule has 8 nitrogen and oxygen atoms in total. The Morgan fingerprint density at radius 1 is 1.31 bits per heavy atom. The first kappa shape index (κ1) is 18.6. The fourth-order valence-corrected chi connectivity index (χ4v) is 4.36. The summed E-state index contributed by atoms with van der Waals surface area (Å²) in [5.41, 5.74) is 0.743. The topological polar surface area (TPSA) is 124 Å². The third-order valence-electron chi connectivity index (χ3n) is 4.02. The Labute approximate surface area is 154 Å². The Morgan fingerprint density at radius 2 is 2.04 bits per heavy atom. The number of amides is 1. The van der Waals surface area contributed by atoms with Gasteiger partial charge in [-0.15, -0.1) is 0 Å². The number of nitrogens with zero attached hydrogens (tertiary/aromatic N) is 2. The minimum Gasteiger partial charge on any atom is -0.356 e. The highest BCUT2D eigenvalue weighted by Gasteiger charge is 2.26. The Hall–Kier alpha value is -2.17. The molecular formula is C16H18N4O4S2. The summed E-state index contributed by atoms with van der Waals surface area (Å²) in [5, 5.41) is 8.52. The molecule has 26 heavy (non-hydrogen) atoms. The van der Waals surface area contributed by atoms with Gasteiger partial charge in [-0.1, -0.05) is 23.9 Å². The van der Waals surface area contributed by atoms with Gasteiger partial charge in [-0.05, 0) is 24.1 Å². The van der Waals surface area contributed by atoms with Crippen molar-refractivity contribution < 1.29 is 13.2 Å². The van der Waals surface area contributed by atoms with Gasteiger partial charge >= 0.3 is 0 Å². The fraction of sp³-hybridized carbons (Fsp3) is 0.312. The van der Waals surface area contributed by atoms with E-state index in [0.29, 0.717) is 23.9 Å². The molecular weight excluding hydrogens is 376 g/mol. The van der Waals surface area contributed by atoms with Crippen LogP contribution in [0.5, 0.6) is 0 Å². The number of sulfonamides is 1. The molecule has 2 heterocycles. The molecule has 10 heteroatoms. The monoisotopic (exact) mass is 394 g/mol. The Morgan fingerprint density at radius 3 is 2.73 bits per heavy atom. The SMILES string of the molecule is NS(=O)(=O)c1ccc(CCNC(=O)CC2CSc3nccc(=O)n32)cc1. The molecule has 1 aliphatic heterocycles. The molecule has 3 rings (SSSR count). The van der Waals surface area contributed by atoms with Crippen molar-refractivity contribution in [1.29, 1.82) is 0 Å². The van der Waals surface area contributed by atoms with E-state index in [4.69, 9.17) is 5.14 Å². The maximum absolute atomic E-state index is 12.1. The molecule has 1 aromatic carbocycles. The number of carbonyl (C=O) groups excluding carboxylic acids is 1. The molecule has 0 bridgehead atoms. The minimum absolute atomic E-state index is 0.0572. The number of fused-ring (bicyclic) bond motifs is 1. The van der Waals surface area contributed by atoms with Crippen molar-refractivity contribution in [2.45, 2.75) is 28.9 Å². The number of nitrogens with one attached hydrogen (secondary N) is 1. The number of aromatic nitrogens is 2. The predicted octanol–water partition coefficient (Wildman–Crippen LogP) is 0.286. The molecule has 1 atom stereocenters. The molecule has 1 aromatic heterocycles. The van der Waals surface area contributed by atoms with Crippen LogP contribution in [0.2, 0.25) is 0 Å². The summed E-state index contributed by atoms with van der Waals surface area (Å²) < 4.78 is 24.0. The summed E-state index contributed by atoms with van der Waals surface area (Å²) in [4.78, 5) is 28.3. The van der Waals surface area contributed by atoms with Crippen molar-refractivity contribution in [1.82, 2.24) is 14.9 Å². The van der Waals surface area contributed by atoms with Gasteiger partial charge in [-0.25, -0.2) is 18.5 Å². The highest BCUT2D eigenvalue weighted by molar-refractivity contribution is 7.99. The largest absolute Gasteiger partial charge is 0.356 e. The minimum atomic E-state index is -3.70. The molecule has 0 fully saturated rings. The molecule has 138 valence electrons. The van der Waals surface area contributed by atoms with E-state index in [1.54, 1.807) is 16.7 Å². The Bertz CT molecular complexity index is 970. The van der Waals surface area contributed by atoms with Crippen LogP contribution >= 0.6 is 11.8 Å². The maximum Gasteiger partial charge on any atom is 0.254 e. The van der Waals surface area contributed by atoms with Crippen LogP contribution in [0.3, 0.4) is 0 Å². The lowest BCUT2D eigenvalue weighted by molar-refractivity contribution is -0.121. The van der Waals surface area contributed by atoms with Crippen LogP contribution in [0.1, 0.15) is 18.0 Å². The molecule has 0 spiro atoms. The van der Waals surface area contributed by atoms with Crippen molar-refractivity contribution >= 4 is 27.7 Å². The fourth-order valence-electron chi connectivity index (χ4n) is 2.72. The van der Waals surface area contributed by atoms with Gasteiger partial charge < -0.3 is 5.32 Å². The van der Waals surface area contributed by atoms with Gasteiger partial charge in [0, 0.05) is 31.0 Å². The van der Waals surface area contributed by atoms with Gasteiger partial charge in [0.05, 0.1) is 10.9 Å². The van der Waals surface area contributed by atoms with E-state index in [1.165, 1.54) is 36.2 Å². The molecule has 0 saturated carbocycles. The van der Waals surface area contributed by atoms with E-state index in [2.05, 4.69) is 10.3 Å². The van der Waals surface area contributed by atoms with E-state index < -0.39 is 10.0 Å². The van der Waals surface area contributed by atoms with E-state index in [-0.39, 0.29) is 28.8 Å². The van der Waals surface area contributed by atoms with Crippen molar-refractivity contribution in [2.75, 3.05) is 12.3 Å². The highest BCUT2D eigenvalue weighted by Crippen LogP contribution is 2.31. The van der Waals surface area contributed by atoms with Crippen molar-refractivity contribution in [3.8, 4) is 0 Å². The van der Waals surface area contributed by atoms with Gasteiger partial charge in [0.1, 0.15) is 0 Å².